The van der Waals surface area contributed by atoms with E-state index in [9.17, 15) is 0 Å². The van der Waals surface area contributed by atoms with Crippen molar-refractivity contribution in [3.8, 4) is 0 Å². The number of nitrogens with one attached hydrogen (secondary N) is 2. The van der Waals surface area contributed by atoms with Gasteiger partial charge in [0.05, 0.1) is 0 Å². The lowest BCUT2D eigenvalue weighted by molar-refractivity contribution is 0.697. The molecular weight excluding hydrogens is 276 g/mol. The molecule has 2 nitrogen and oxygen atoms in total. The number of anilines is 1. The van der Waals surface area contributed by atoms with E-state index in [1.54, 1.807) is 10.4 Å². The van der Waals surface area contributed by atoms with Crippen LogP contribution in [0.4, 0.5) is 5.69 Å². The van der Waals surface area contributed by atoms with Crippen molar-refractivity contribution in [3.05, 3.63) is 50.7 Å². The van der Waals surface area contributed by atoms with Crippen LogP contribution in [0.1, 0.15) is 39.3 Å². The largest absolute Gasteiger partial charge is 0.385 e. The van der Waals surface area contributed by atoms with Crippen LogP contribution in [0.3, 0.4) is 0 Å². The van der Waals surface area contributed by atoms with Gasteiger partial charge in [0, 0.05) is 35.1 Å². The molecule has 2 aromatic rings. The standard InChI is InChI=1S/C18H22N2S/c1-4-13-7-3-9-20-18(13)15(6-1)11-19-12-16-10-14-5-2-8-17(14)21-16/h1,4,6,10,19-20H,2-3,5,7-9,11-12H2. The zero-order valence-electron chi connectivity index (χ0n) is 12.4. The van der Waals surface area contributed by atoms with E-state index in [2.05, 4.69) is 34.9 Å². The monoisotopic (exact) mass is 298 g/mol. The molecule has 0 radical (unpaired) electrons. The number of thiophene rings is 1. The summed E-state index contributed by atoms with van der Waals surface area (Å²) in [7, 11) is 0. The molecule has 0 atom stereocenters. The molecule has 1 aromatic carbocycles. The van der Waals surface area contributed by atoms with Crippen molar-refractivity contribution in [1.29, 1.82) is 0 Å². The zero-order chi connectivity index (χ0) is 14.1. The van der Waals surface area contributed by atoms with E-state index < -0.39 is 0 Å². The molecule has 0 saturated carbocycles. The second kappa shape index (κ2) is 5.82. The van der Waals surface area contributed by atoms with Gasteiger partial charge in [0.15, 0.2) is 0 Å². The maximum absolute atomic E-state index is 3.63. The van der Waals surface area contributed by atoms with Crippen LogP contribution in [0.25, 0.3) is 0 Å². The van der Waals surface area contributed by atoms with Gasteiger partial charge in [-0.05, 0) is 54.9 Å². The summed E-state index contributed by atoms with van der Waals surface area (Å²) in [5.41, 5.74) is 5.88. The summed E-state index contributed by atoms with van der Waals surface area (Å²) in [4.78, 5) is 3.13. The Labute approximate surface area is 130 Å². The van der Waals surface area contributed by atoms with Gasteiger partial charge < -0.3 is 10.6 Å². The highest BCUT2D eigenvalue weighted by atomic mass is 32.1. The molecule has 0 spiro atoms. The second-order valence-corrected chi connectivity index (χ2v) is 7.32. The Kier molecular flexibility index (Phi) is 3.70. The van der Waals surface area contributed by atoms with Crippen molar-refractivity contribution >= 4 is 17.0 Å². The maximum atomic E-state index is 3.63. The van der Waals surface area contributed by atoms with E-state index in [1.165, 1.54) is 53.8 Å². The molecule has 2 N–H and O–H groups in total. The molecule has 2 aliphatic rings. The van der Waals surface area contributed by atoms with Gasteiger partial charge in [0.2, 0.25) is 0 Å². The number of rotatable bonds is 4. The fourth-order valence-corrected chi connectivity index (χ4v) is 4.76. The van der Waals surface area contributed by atoms with Crippen LogP contribution >= 0.6 is 11.3 Å². The van der Waals surface area contributed by atoms with Crippen LogP contribution in [0.2, 0.25) is 0 Å². The number of para-hydroxylation sites is 1. The Morgan fingerprint density at radius 2 is 2.00 bits per heavy atom. The van der Waals surface area contributed by atoms with Crippen LogP contribution < -0.4 is 10.6 Å². The normalized spacial score (nSPS) is 16.4. The van der Waals surface area contributed by atoms with E-state index in [1.807, 2.05) is 11.3 Å². The molecule has 0 amide bonds. The molecule has 21 heavy (non-hydrogen) atoms. The lowest BCUT2D eigenvalue weighted by atomic mass is 9.99. The highest BCUT2D eigenvalue weighted by molar-refractivity contribution is 7.12. The summed E-state index contributed by atoms with van der Waals surface area (Å²) in [6, 6.07) is 9.12. The average molecular weight is 298 g/mol. The Bertz CT molecular complexity index is 623. The third kappa shape index (κ3) is 2.72. The predicted octanol–water partition coefficient (Wildman–Crippen LogP) is 3.88. The first-order valence-corrected chi connectivity index (χ1v) is 8.87. The van der Waals surface area contributed by atoms with Crippen molar-refractivity contribution < 1.29 is 0 Å². The summed E-state index contributed by atoms with van der Waals surface area (Å²) >= 11 is 2.01. The minimum Gasteiger partial charge on any atom is -0.385 e. The zero-order valence-corrected chi connectivity index (χ0v) is 13.2. The average Bonchev–Trinajstić information content (AvgIpc) is 3.09. The molecular formula is C18H22N2S. The van der Waals surface area contributed by atoms with Gasteiger partial charge >= 0.3 is 0 Å². The topological polar surface area (TPSA) is 24.1 Å². The Balaban J connectivity index is 1.40. The first-order valence-electron chi connectivity index (χ1n) is 8.06. The highest BCUT2D eigenvalue weighted by Crippen LogP contribution is 2.31. The number of aryl methyl sites for hydroxylation is 3. The second-order valence-electron chi connectivity index (χ2n) is 6.10. The number of fused-ring (bicyclic) bond motifs is 2. The summed E-state index contributed by atoms with van der Waals surface area (Å²) in [5, 5.41) is 7.20. The number of hydrogen-bond acceptors (Lipinski definition) is 3. The van der Waals surface area contributed by atoms with Gasteiger partial charge in [-0.1, -0.05) is 18.2 Å². The van der Waals surface area contributed by atoms with E-state index >= 15 is 0 Å². The first kappa shape index (κ1) is 13.4. The van der Waals surface area contributed by atoms with Gasteiger partial charge in [-0.25, -0.2) is 0 Å². The molecule has 0 saturated heterocycles. The van der Waals surface area contributed by atoms with Crippen molar-refractivity contribution in [2.45, 2.75) is 45.2 Å². The molecule has 1 aliphatic carbocycles. The summed E-state index contributed by atoms with van der Waals surface area (Å²) < 4.78 is 0. The lowest BCUT2D eigenvalue weighted by Crippen LogP contribution is -2.18. The predicted molar refractivity (Wildman–Crippen MR) is 90.1 cm³/mol. The van der Waals surface area contributed by atoms with E-state index in [0.29, 0.717) is 0 Å². The Hall–Kier alpha value is -1.32. The molecule has 110 valence electrons. The van der Waals surface area contributed by atoms with Crippen LogP contribution in [0.5, 0.6) is 0 Å². The SMILES string of the molecule is c1cc2c(c(CNCc3cc4c(s3)CCC4)c1)NCCC2. The van der Waals surface area contributed by atoms with E-state index in [0.717, 1.165) is 19.6 Å². The molecule has 0 fully saturated rings. The van der Waals surface area contributed by atoms with Gasteiger partial charge in [0.1, 0.15) is 0 Å². The summed E-state index contributed by atoms with van der Waals surface area (Å²) in [6.45, 7) is 3.07. The first-order chi connectivity index (χ1) is 10.4. The van der Waals surface area contributed by atoms with Crippen molar-refractivity contribution in [3.63, 3.8) is 0 Å². The fourth-order valence-electron chi connectivity index (χ4n) is 3.53. The van der Waals surface area contributed by atoms with Crippen LogP contribution in [0, 0.1) is 0 Å². The molecule has 2 heterocycles. The van der Waals surface area contributed by atoms with Crippen molar-refractivity contribution in [2.24, 2.45) is 0 Å². The molecule has 1 aromatic heterocycles. The smallest absolute Gasteiger partial charge is 0.0418 e. The maximum Gasteiger partial charge on any atom is 0.0418 e. The lowest BCUT2D eigenvalue weighted by Gasteiger charge is -2.21. The third-order valence-corrected chi connectivity index (χ3v) is 5.81. The van der Waals surface area contributed by atoms with Crippen molar-refractivity contribution in [2.75, 3.05) is 11.9 Å². The van der Waals surface area contributed by atoms with E-state index in [4.69, 9.17) is 0 Å². The minimum absolute atomic E-state index is 0.957. The van der Waals surface area contributed by atoms with Gasteiger partial charge in [-0.3, -0.25) is 0 Å². The molecule has 4 rings (SSSR count). The van der Waals surface area contributed by atoms with Gasteiger partial charge in [0.25, 0.3) is 0 Å². The van der Waals surface area contributed by atoms with Gasteiger partial charge in [-0.15, -0.1) is 11.3 Å². The highest BCUT2D eigenvalue weighted by Gasteiger charge is 2.15. The number of hydrogen-bond donors (Lipinski definition) is 2. The fraction of sp³-hybridized carbons (Fsp3) is 0.444. The number of benzene rings is 1. The van der Waals surface area contributed by atoms with E-state index in [-0.39, 0.29) is 0 Å². The molecule has 3 heteroatoms. The van der Waals surface area contributed by atoms with Crippen molar-refractivity contribution in [1.82, 2.24) is 5.32 Å². The van der Waals surface area contributed by atoms with Gasteiger partial charge in [-0.2, -0.15) is 0 Å². The Morgan fingerprint density at radius 1 is 1.05 bits per heavy atom. The Morgan fingerprint density at radius 3 is 2.95 bits per heavy atom. The third-order valence-electron chi connectivity index (χ3n) is 4.57. The van der Waals surface area contributed by atoms with Crippen LogP contribution in [-0.2, 0) is 32.4 Å². The summed E-state index contributed by atoms with van der Waals surface area (Å²) in [6.07, 6.45) is 6.42. The summed E-state index contributed by atoms with van der Waals surface area (Å²) in [5.74, 6) is 0. The molecule has 0 unspecified atom stereocenters. The van der Waals surface area contributed by atoms with Crippen LogP contribution in [-0.4, -0.2) is 6.54 Å². The molecule has 1 aliphatic heterocycles. The molecule has 0 bridgehead atoms. The minimum atomic E-state index is 0.957. The van der Waals surface area contributed by atoms with Crippen LogP contribution in [0.15, 0.2) is 24.3 Å². The quantitative estimate of drug-likeness (QED) is 0.895.